The molecule has 15 nitrogen and oxygen atoms in total. The van der Waals surface area contributed by atoms with Gasteiger partial charge >= 0.3 is 29.8 Å². The van der Waals surface area contributed by atoms with Crippen molar-refractivity contribution >= 4 is 58.8 Å². The third-order valence-electron chi connectivity index (χ3n) is 11.4. The van der Waals surface area contributed by atoms with Crippen LogP contribution < -0.4 is 0 Å². The van der Waals surface area contributed by atoms with Crippen LogP contribution in [0.1, 0.15) is 202 Å². The zero-order valence-corrected chi connectivity index (χ0v) is 38.9. The molecule has 0 aliphatic heterocycles. The van der Waals surface area contributed by atoms with Crippen LogP contribution in [0.4, 0.5) is 0 Å². The van der Waals surface area contributed by atoms with Gasteiger partial charge in [0.25, 0.3) is 0 Å². The Labute approximate surface area is 405 Å². The molecule has 5 aliphatic rings. The Kier molecular flexibility index (Phi) is 39.3. The van der Waals surface area contributed by atoms with E-state index in [1.807, 2.05) is 27.7 Å². The molecule has 5 aliphatic carbocycles. The third kappa shape index (κ3) is 25.0. The largest absolute Gasteiger partial charge is 0.465 e. The van der Waals surface area contributed by atoms with Gasteiger partial charge in [0.1, 0.15) is 52.7 Å². The van der Waals surface area contributed by atoms with E-state index in [9.17, 15) is 47.9 Å². The minimum atomic E-state index is -0.505. The average molecular weight is 959 g/mol. The summed E-state index contributed by atoms with van der Waals surface area (Å²) in [6.07, 6.45) is 11.9. The molecule has 0 aromatic carbocycles. The van der Waals surface area contributed by atoms with Gasteiger partial charge in [-0.2, -0.15) is 0 Å². The SMILES string of the molecule is C.C.C.C.C.CCOC(=O)C1CC(C)(C)CC1=O.CCOC(=O)C1CCC(C)(C)C1=O.CCOC(=O)C1CCCC1=O.CCOC(=O)C1CCCCC1=O.CCOC(=O)C1CCCCCC1=O. The van der Waals surface area contributed by atoms with Gasteiger partial charge in [0.2, 0.25) is 0 Å². The fraction of sp³-hybridized carbons (Fsp3) is 0.808. The fourth-order valence-electron chi connectivity index (χ4n) is 7.92. The number of esters is 5. The van der Waals surface area contributed by atoms with Crippen molar-refractivity contribution in [2.75, 3.05) is 33.0 Å². The lowest BCUT2D eigenvalue weighted by Gasteiger charge is -2.18. The molecule has 0 radical (unpaired) electrons. The molecule has 0 bridgehead atoms. The molecule has 0 spiro atoms. The first-order valence-corrected chi connectivity index (χ1v) is 22.7. The molecular weight excluding hydrogens is 865 g/mol. The molecule has 0 saturated heterocycles. The first-order valence-electron chi connectivity index (χ1n) is 22.7. The van der Waals surface area contributed by atoms with Crippen LogP contribution in [0.2, 0.25) is 0 Å². The summed E-state index contributed by atoms with van der Waals surface area (Å²) in [5.41, 5.74) is -0.369. The van der Waals surface area contributed by atoms with Gasteiger partial charge in [0.05, 0.1) is 33.0 Å². The quantitative estimate of drug-likeness (QED) is 0.0861. The maximum Gasteiger partial charge on any atom is 0.316 e. The van der Waals surface area contributed by atoms with Crippen molar-refractivity contribution in [3.63, 3.8) is 0 Å². The van der Waals surface area contributed by atoms with Crippen LogP contribution in [0.3, 0.4) is 0 Å². The van der Waals surface area contributed by atoms with Gasteiger partial charge in [-0.15, -0.1) is 0 Å². The Balaban J connectivity index is -0.000000235. The van der Waals surface area contributed by atoms with Crippen molar-refractivity contribution in [1.29, 1.82) is 0 Å². The second-order valence-electron chi connectivity index (χ2n) is 17.5. The Hall–Kier alpha value is -4.30. The van der Waals surface area contributed by atoms with E-state index in [2.05, 4.69) is 0 Å². The number of carbonyl (C=O) groups excluding carboxylic acids is 10. The summed E-state index contributed by atoms with van der Waals surface area (Å²) in [4.78, 5) is 113. The Morgan fingerprint density at radius 3 is 1.03 bits per heavy atom. The van der Waals surface area contributed by atoms with E-state index in [1.54, 1.807) is 34.6 Å². The highest BCUT2D eigenvalue weighted by Gasteiger charge is 2.45. The predicted octanol–water partition coefficient (Wildman–Crippen LogP) is 10.2. The van der Waals surface area contributed by atoms with Crippen molar-refractivity contribution in [2.45, 2.75) is 202 Å². The van der Waals surface area contributed by atoms with Gasteiger partial charge in [0, 0.05) is 31.1 Å². The van der Waals surface area contributed by atoms with E-state index in [4.69, 9.17) is 23.7 Å². The molecule has 5 fully saturated rings. The number of hydrogen-bond acceptors (Lipinski definition) is 15. The molecule has 392 valence electrons. The number of carbonyl (C=O) groups is 10. The van der Waals surface area contributed by atoms with E-state index in [0.29, 0.717) is 90.8 Å². The summed E-state index contributed by atoms with van der Waals surface area (Å²) in [6.45, 7) is 18.3. The smallest absolute Gasteiger partial charge is 0.316 e. The minimum absolute atomic E-state index is 0. The maximum atomic E-state index is 11.6. The third-order valence-corrected chi connectivity index (χ3v) is 11.4. The van der Waals surface area contributed by atoms with Crippen LogP contribution in [-0.4, -0.2) is 91.8 Å². The van der Waals surface area contributed by atoms with Gasteiger partial charge in [-0.1, -0.05) is 84.1 Å². The predicted molar refractivity (Wildman–Crippen MR) is 261 cm³/mol. The second-order valence-corrected chi connectivity index (χ2v) is 17.5. The van der Waals surface area contributed by atoms with Crippen LogP contribution in [0.5, 0.6) is 0 Å². The summed E-state index contributed by atoms with van der Waals surface area (Å²) in [5.74, 6) is -3.85. The van der Waals surface area contributed by atoms with Crippen molar-refractivity contribution in [2.24, 2.45) is 40.4 Å². The highest BCUT2D eigenvalue weighted by Crippen LogP contribution is 2.39. The molecule has 0 amide bonds. The van der Waals surface area contributed by atoms with Crippen molar-refractivity contribution in [3.05, 3.63) is 0 Å². The van der Waals surface area contributed by atoms with E-state index in [0.717, 1.165) is 44.9 Å². The van der Waals surface area contributed by atoms with Crippen LogP contribution in [0.15, 0.2) is 0 Å². The molecule has 15 heteroatoms. The standard InChI is InChI=1S/3C10H16O3.C9H14O3.C8H12O3.5CH4/c1-4-13-9(12)7-5-10(2,3)6-8(7)11;1-4-13-9(12)7-5-6-10(2,3)8(7)11;1-2-13-10(12)8-6-4-3-5-7-9(8)11;1-2-12-9(11)7-5-3-4-6-8(7)10;1-2-11-8(10)6-4-3-5-7(6)9;;;;;/h2*7H,4-6H2,1-3H3;8H,2-7H2,1H3;7H,2-6H2,1H3;6H,2-5H2,1H3;5*1H4. The molecule has 5 rings (SSSR count). The summed E-state index contributed by atoms with van der Waals surface area (Å²) < 4.78 is 24.0. The zero-order chi connectivity index (χ0) is 47.0. The first kappa shape index (κ1) is 71.7. The molecule has 0 heterocycles. The molecule has 0 aromatic heterocycles. The zero-order valence-electron chi connectivity index (χ0n) is 38.9. The molecule has 67 heavy (non-hydrogen) atoms. The summed E-state index contributed by atoms with van der Waals surface area (Å²) in [7, 11) is 0. The first-order chi connectivity index (χ1) is 29.2. The summed E-state index contributed by atoms with van der Waals surface area (Å²) in [5, 5.41) is 0. The van der Waals surface area contributed by atoms with Crippen molar-refractivity contribution in [3.8, 4) is 0 Å². The number of ether oxygens (including phenoxy) is 5. The van der Waals surface area contributed by atoms with Gasteiger partial charge in [-0.25, -0.2) is 0 Å². The van der Waals surface area contributed by atoms with Gasteiger partial charge in [-0.3, -0.25) is 47.9 Å². The summed E-state index contributed by atoms with van der Waals surface area (Å²) >= 11 is 0. The lowest BCUT2D eigenvalue weighted by atomic mass is 9.88. The highest BCUT2D eigenvalue weighted by molar-refractivity contribution is 6.03. The van der Waals surface area contributed by atoms with Gasteiger partial charge in [0.15, 0.2) is 5.78 Å². The van der Waals surface area contributed by atoms with Crippen LogP contribution in [0.25, 0.3) is 0 Å². The monoisotopic (exact) mass is 959 g/mol. The molecule has 5 unspecified atom stereocenters. The Bertz CT molecular complexity index is 1500. The lowest BCUT2D eigenvalue weighted by Crippen LogP contribution is -2.28. The topological polar surface area (TPSA) is 217 Å². The Morgan fingerprint density at radius 1 is 0.418 bits per heavy atom. The van der Waals surface area contributed by atoms with E-state index < -0.39 is 29.6 Å². The number of hydrogen-bond donors (Lipinski definition) is 0. The van der Waals surface area contributed by atoms with E-state index in [1.165, 1.54) is 0 Å². The van der Waals surface area contributed by atoms with Crippen LogP contribution >= 0.6 is 0 Å². The number of Topliss-reactive ketones (excluding diaryl/α,β-unsaturated/α-hetero) is 5. The van der Waals surface area contributed by atoms with Crippen molar-refractivity contribution < 1.29 is 71.6 Å². The summed E-state index contributed by atoms with van der Waals surface area (Å²) in [6, 6.07) is 0. The van der Waals surface area contributed by atoms with E-state index in [-0.39, 0.29) is 107 Å². The number of ketones is 5. The van der Waals surface area contributed by atoms with Crippen LogP contribution in [-0.2, 0) is 71.6 Å². The lowest BCUT2D eigenvalue weighted by molar-refractivity contribution is -0.154. The minimum Gasteiger partial charge on any atom is -0.465 e. The maximum absolute atomic E-state index is 11.6. The van der Waals surface area contributed by atoms with Gasteiger partial charge in [-0.05, 0) is 97.8 Å². The van der Waals surface area contributed by atoms with Crippen LogP contribution in [0, 0.1) is 40.4 Å². The van der Waals surface area contributed by atoms with E-state index >= 15 is 0 Å². The number of rotatable bonds is 10. The van der Waals surface area contributed by atoms with Gasteiger partial charge < -0.3 is 23.7 Å². The Morgan fingerprint density at radius 2 is 0.731 bits per heavy atom. The molecule has 5 saturated carbocycles. The molecule has 0 N–H and O–H groups in total. The molecule has 5 atom stereocenters. The normalized spacial score (nSPS) is 22.9. The molecule has 0 aromatic rings. The molecular formula is C52H94O15. The van der Waals surface area contributed by atoms with Crippen molar-refractivity contribution in [1.82, 2.24) is 0 Å². The second kappa shape index (κ2) is 36.7. The fourth-order valence-corrected chi connectivity index (χ4v) is 7.92. The average Bonchev–Trinajstić information content (AvgIpc) is 3.79. The highest BCUT2D eigenvalue weighted by atomic mass is 16.5.